The number of hydrogen-bond donors (Lipinski definition) is 1. The molecule has 0 radical (unpaired) electrons. The Morgan fingerprint density at radius 2 is 1.96 bits per heavy atom. The van der Waals surface area contributed by atoms with Crippen molar-refractivity contribution in [3.8, 4) is 0 Å². The number of anilines is 1. The van der Waals surface area contributed by atoms with Crippen LogP contribution in [0.1, 0.15) is 54.2 Å². The van der Waals surface area contributed by atoms with Crippen molar-refractivity contribution in [1.82, 2.24) is 4.98 Å². The number of carbonyl (C=O) groups is 1. The molecule has 1 aliphatic rings. The van der Waals surface area contributed by atoms with Crippen LogP contribution in [0.15, 0.2) is 30.3 Å². The Hall–Kier alpha value is -1.68. The van der Waals surface area contributed by atoms with Gasteiger partial charge in [-0.1, -0.05) is 56.0 Å². The predicted molar refractivity (Wildman–Crippen MR) is 96.0 cm³/mol. The largest absolute Gasteiger partial charge is 0.301 e. The van der Waals surface area contributed by atoms with Crippen molar-refractivity contribution in [1.29, 1.82) is 0 Å². The Balaban J connectivity index is 1.77. The first kappa shape index (κ1) is 16.2. The summed E-state index contributed by atoms with van der Waals surface area (Å²) >= 11 is 1.55. The van der Waals surface area contributed by atoms with Gasteiger partial charge in [0.05, 0.1) is 11.6 Å². The number of aromatic nitrogens is 1. The van der Waals surface area contributed by atoms with Crippen molar-refractivity contribution in [2.45, 2.75) is 51.9 Å². The molecule has 0 aliphatic heterocycles. The number of hydrogen-bond acceptors (Lipinski definition) is 3. The summed E-state index contributed by atoms with van der Waals surface area (Å²) in [6.07, 6.45) is 6.06. The van der Waals surface area contributed by atoms with Crippen LogP contribution in [0.25, 0.3) is 0 Å². The van der Waals surface area contributed by atoms with E-state index >= 15 is 0 Å². The van der Waals surface area contributed by atoms with E-state index in [0.29, 0.717) is 5.92 Å². The van der Waals surface area contributed by atoms with Crippen molar-refractivity contribution in [2.24, 2.45) is 5.92 Å². The van der Waals surface area contributed by atoms with E-state index in [1.165, 1.54) is 25.7 Å². The highest BCUT2D eigenvalue weighted by Crippen LogP contribution is 2.35. The Morgan fingerprint density at radius 3 is 2.57 bits per heavy atom. The Bertz CT molecular complexity index is 640. The molecule has 4 heteroatoms. The average molecular weight is 328 g/mol. The maximum atomic E-state index is 12.9. The van der Waals surface area contributed by atoms with E-state index in [9.17, 15) is 4.79 Å². The third kappa shape index (κ3) is 3.99. The third-order valence-electron chi connectivity index (χ3n) is 4.82. The minimum atomic E-state index is -0.0798. The first-order chi connectivity index (χ1) is 11.1. The molecule has 0 bridgehead atoms. The molecule has 1 saturated carbocycles. The Morgan fingerprint density at radius 1 is 1.26 bits per heavy atom. The molecule has 23 heavy (non-hydrogen) atoms. The summed E-state index contributed by atoms with van der Waals surface area (Å²) in [6, 6.07) is 10.2. The number of benzene rings is 1. The molecule has 3 nitrogen and oxygen atoms in total. The maximum absolute atomic E-state index is 12.9. The van der Waals surface area contributed by atoms with Crippen molar-refractivity contribution in [3.05, 3.63) is 46.5 Å². The molecule has 1 aromatic carbocycles. The van der Waals surface area contributed by atoms with Crippen LogP contribution < -0.4 is 5.32 Å². The van der Waals surface area contributed by atoms with Crippen LogP contribution in [0, 0.1) is 19.8 Å². The topological polar surface area (TPSA) is 42.0 Å². The van der Waals surface area contributed by atoms with Gasteiger partial charge in [0.15, 0.2) is 5.13 Å². The summed E-state index contributed by atoms with van der Waals surface area (Å²) in [7, 11) is 0. The van der Waals surface area contributed by atoms with Crippen LogP contribution >= 0.6 is 11.3 Å². The number of carbonyl (C=O) groups excluding carboxylic acids is 1. The number of thiazole rings is 1. The lowest BCUT2D eigenvalue weighted by molar-refractivity contribution is -0.118. The summed E-state index contributed by atoms with van der Waals surface area (Å²) in [5.74, 6) is 0.673. The van der Waals surface area contributed by atoms with Crippen LogP contribution in [-0.2, 0) is 4.79 Å². The molecule has 1 fully saturated rings. The second kappa shape index (κ2) is 7.26. The second-order valence-electron chi connectivity index (χ2n) is 6.50. The number of nitrogens with one attached hydrogen (secondary N) is 1. The normalized spacial score (nSPS) is 16.4. The quantitative estimate of drug-likeness (QED) is 0.833. The smallest absolute Gasteiger partial charge is 0.233 e. The monoisotopic (exact) mass is 328 g/mol. The van der Waals surface area contributed by atoms with Gasteiger partial charge in [-0.3, -0.25) is 4.79 Å². The lowest BCUT2D eigenvalue weighted by atomic mass is 9.87. The van der Waals surface area contributed by atoms with Crippen molar-refractivity contribution >= 4 is 22.4 Å². The third-order valence-corrected chi connectivity index (χ3v) is 5.81. The molecular formula is C19H24N2OS. The molecule has 0 spiro atoms. The van der Waals surface area contributed by atoms with E-state index in [1.807, 2.05) is 32.0 Å². The zero-order valence-corrected chi connectivity index (χ0v) is 14.7. The lowest BCUT2D eigenvalue weighted by Crippen LogP contribution is -2.23. The molecule has 1 amide bonds. The summed E-state index contributed by atoms with van der Waals surface area (Å²) < 4.78 is 0. The van der Waals surface area contributed by atoms with Crippen LogP contribution in [-0.4, -0.2) is 10.9 Å². The van der Waals surface area contributed by atoms with Crippen molar-refractivity contribution in [3.63, 3.8) is 0 Å². The first-order valence-electron chi connectivity index (χ1n) is 8.43. The molecule has 0 unspecified atom stereocenters. The zero-order chi connectivity index (χ0) is 16.2. The summed E-state index contributed by atoms with van der Waals surface area (Å²) in [5, 5.41) is 3.76. The highest BCUT2D eigenvalue weighted by molar-refractivity contribution is 7.15. The number of amides is 1. The van der Waals surface area contributed by atoms with Crippen LogP contribution in [0.3, 0.4) is 0 Å². The van der Waals surface area contributed by atoms with Gasteiger partial charge in [0.1, 0.15) is 0 Å². The minimum Gasteiger partial charge on any atom is -0.301 e. The molecular weight excluding hydrogens is 304 g/mol. The highest BCUT2D eigenvalue weighted by Gasteiger charge is 2.27. The average Bonchev–Trinajstić information content (AvgIpc) is 3.16. The minimum absolute atomic E-state index is 0.0798. The fraction of sp³-hybridized carbons (Fsp3) is 0.474. The fourth-order valence-electron chi connectivity index (χ4n) is 3.38. The van der Waals surface area contributed by atoms with E-state index in [4.69, 9.17) is 0 Å². The van der Waals surface area contributed by atoms with Gasteiger partial charge < -0.3 is 5.32 Å². The number of aryl methyl sites for hydroxylation is 2. The molecule has 1 heterocycles. The molecule has 1 atom stereocenters. The fourth-order valence-corrected chi connectivity index (χ4v) is 4.20. The Kier molecular flexibility index (Phi) is 5.11. The Labute approximate surface area is 142 Å². The first-order valence-corrected chi connectivity index (χ1v) is 9.25. The SMILES string of the molecule is Cc1nc(NC(=O)[C@H](CC2CCCC2)c2ccccc2)sc1C. The zero-order valence-electron chi connectivity index (χ0n) is 13.8. The van der Waals surface area contributed by atoms with Gasteiger partial charge in [-0.15, -0.1) is 11.3 Å². The number of rotatable bonds is 5. The predicted octanol–water partition coefficient (Wildman–Crippen LogP) is 5.06. The van der Waals surface area contributed by atoms with Gasteiger partial charge in [-0.25, -0.2) is 4.98 Å². The van der Waals surface area contributed by atoms with Crippen molar-refractivity contribution in [2.75, 3.05) is 5.32 Å². The molecule has 3 rings (SSSR count). The molecule has 122 valence electrons. The summed E-state index contributed by atoms with van der Waals surface area (Å²) in [5.41, 5.74) is 2.11. The van der Waals surface area contributed by atoms with E-state index < -0.39 is 0 Å². The van der Waals surface area contributed by atoms with Crippen LogP contribution in [0.4, 0.5) is 5.13 Å². The van der Waals surface area contributed by atoms with E-state index in [-0.39, 0.29) is 11.8 Å². The second-order valence-corrected chi connectivity index (χ2v) is 7.70. The summed E-state index contributed by atoms with van der Waals surface area (Å²) in [6.45, 7) is 4.02. The van der Waals surface area contributed by atoms with Gasteiger partial charge in [0.2, 0.25) is 5.91 Å². The molecule has 1 aromatic heterocycles. The van der Waals surface area contributed by atoms with E-state index in [0.717, 1.165) is 27.7 Å². The molecule has 0 saturated heterocycles. The standard InChI is InChI=1S/C19H24N2OS/c1-13-14(2)23-19(20-13)21-18(22)17(12-15-8-6-7-9-15)16-10-4-3-5-11-16/h3-5,10-11,15,17H,6-9,12H2,1-2H3,(H,20,21,22)/t17-/m1/s1. The lowest BCUT2D eigenvalue weighted by Gasteiger charge is -2.20. The highest BCUT2D eigenvalue weighted by atomic mass is 32.1. The van der Waals surface area contributed by atoms with Crippen LogP contribution in [0.5, 0.6) is 0 Å². The molecule has 2 aromatic rings. The summed E-state index contributed by atoms with van der Waals surface area (Å²) in [4.78, 5) is 18.5. The number of nitrogens with zero attached hydrogens (tertiary/aromatic N) is 1. The van der Waals surface area contributed by atoms with Gasteiger partial charge in [0.25, 0.3) is 0 Å². The van der Waals surface area contributed by atoms with Crippen LogP contribution in [0.2, 0.25) is 0 Å². The van der Waals surface area contributed by atoms with Gasteiger partial charge in [-0.05, 0) is 31.7 Å². The van der Waals surface area contributed by atoms with Gasteiger partial charge >= 0.3 is 0 Å². The van der Waals surface area contributed by atoms with Gasteiger partial charge in [0, 0.05) is 4.88 Å². The van der Waals surface area contributed by atoms with E-state index in [1.54, 1.807) is 11.3 Å². The molecule has 1 aliphatic carbocycles. The maximum Gasteiger partial charge on any atom is 0.233 e. The van der Waals surface area contributed by atoms with E-state index in [2.05, 4.69) is 22.4 Å². The molecule has 1 N–H and O–H groups in total. The van der Waals surface area contributed by atoms with Crippen molar-refractivity contribution < 1.29 is 4.79 Å². The van der Waals surface area contributed by atoms with Gasteiger partial charge in [-0.2, -0.15) is 0 Å².